The van der Waals surface area contributed by atoms with E-state index in [2.05, 4.69) is 9.73 Å². The molecule has 1 aliphatic rings. The number of methoxy groups -OCH3 is 1. The normalized spacial score (nSPS) is 21.6. The van der Waals surface area contributed by atoms with E-state index in [1.54, 1.807) is 13.0 Å². The number of carbonyl (C=O) groups is 1. The van der Waals surface area contributed by atoms with Crippen LogP contribution in [0.4, 0.5) is 4.39 Å². The van der Waals surface area contributed by atoms with Crippen LogP contribution in [0.15, 0.2) is 40.2 Å². The average molecular weight is 251 g/mol. The number of nitrogens with zero attached hydrogens (tertiary/aromatic N) is 1. The lowest BCUT2D eigenvalue weighted by molar-refractivity contribution is -0.135. The molecule has 0 fully saturated rings. The summed E-state index contributed by atoms with van der Waals surface area (Å²) in [4.78, 5) is 15.9. The molecule has 98 valence electrons. The largest absolute Gasteiger partial charge is 0.465 e. The van der Waals surface area contributed by atoms with Crippen LogP contribution in [-0.4, -0.2) is 24.8 Å². The Morgan fingerprint density at radius 3 is 2.72 bits per heavy atom. The zero-order valence-corrected chi connectivity index (χ0v) is 11.2. The van der Waals surface area contributed by atoms with Gasteiger partial charge in [0.1, 0.15) is 11.5 Å². The fraction of sp³-hybridized carbons (Fsp3) is 0.429. The SMILES string of the molecule is C/C=C1/C(C(=O)OC)=CC=C(F)C1=N[C@@H](C)CC. The highest BCUT2D eigenvalue weighted by Gasteiger charge is 2.25. The van der Waals surface area contributed by atoms with Crippen molar-refractivity contribution in [1.29, 1.82) is 0 Å². The summed E-state index contributed by atoms with van der Waals surface area (Å²) in [7, 11) is 1.30. The van der Waals surface area contributed by atoms with Crippen LogP contribution in [0.2, 0.25) is 0 Å². The van der Waals surface area contributed by atoms with Crippen molar-refractivity contribution in [3.63, 3.8) is 0 Å². The Kier molecular flexibility index (Phi) is 5.01. The molecule has 0 heterocycles. The Morgan fingerprint density at radius 1 is 1.56 bits per heavy atom. The Hall–Kier alpha value is -1.71. The highest BCUT2D eigenvalue weighted by Crippen LogP contribution is 2.25. The van der Waals surface area contributed by atoms with E-state index in [4.69, 9.17) is 0 Å². The number of aliphatic imine (C=N–C) groups is 1. The Balaban J connectivity index is 3.23. The molecule has 1 rings (SSSR count). The van der Waals surface area contributed by atoms with Crippen LogP contribution in [0.3, 0.4) is 0 Å². The van der Waals surface area contributed by atoms with E-state index >= 15 is 0 Å². The van der Waals surface area contributed by atoms with E-state index in [-0.39, 0.29) is 11.8 Å². The molecule has 0 amide bonds. The lowest BCUT2D eigenvalue weighted by Crippen LogP contribution is -2.18. The summed E-state index contributed by atoms with van der Waals surface area (Å²) in [6.07, 6.45) is 5.16. The first-order chi connectivity index (χ1) is 8.54. The molecular formula is C14H18FNO2. The van der Waals surface area contributed by atoms with Gasteiger partial charge in [0.15, 0.2) is 0 Å². The van der Waals surface area contributed by atoms with Crippen LogP contribution in [0.1, 0.15) is 27.2 Å². The van der Waals surface area contributed by atoms with Gasteiger partial charge < -0.3 is 4.74 Å². The number of rotatable bonds is 3. The fourth-order valence-corrected chi connectivity index (χ4v) is 1.60. The third-order valence-corrected chi connectivity index (χ3v) is 2.80. The maximum atomic E-state index is 13.8. The molecule has 4 heteroatoms. The quantitative estimate of drug-likeness (QED) is 0.723. The second-order valence-corrected chi connectivity index (χ2v) is 4.02. The Morgan fingerprint density at radius 2 is 2.22 bits per heavy atom. The molecule has 0 aromatic carbocycles. The van der Waals surface area contributed by atoms with Crippen LogP contribution in [0, 0.1) is 0 Å². The van der Waals surface area contributed by atoms with Crippen molar-refractivity contribution >= 4 is 11.7 Å². The number of hydrogen-bond acceptors (Lipinski definition) is 3. The summed E-state index contributed by atoms with van der Waals surface area (Å²) in [5.41, 5.74) is 1.06. The van der Waals surface area contributed by atoms with Crippen LogP contribution in [0.5, 0.6) is 0 Å². The molecule has 0 saturated heterocycles. The van der Waals surface area contributed by atoms with Crippen LogP contribution < -0.4 is 0 Å². The van der Waals surface area contributed by atoms with Crippen molar-refractivity contribution in [2.75, 3.05) is 7.11 Å². The third-order valence-electron chi connectivity index (χ3n) is 2.80. The zero-order valence-electron chi connectivity index (χ0n) is 11.2. The summed E-state index contributed by atoms with van der Waals surface area (Å²) in [6.45, 7) is 5.63. The van der Waals surface area contributed by atoms with E-state index in [9.17, 15) is 9.18 Å². The highest BCUT2D eigenvalue weighted by molar-refractivity contribution is 6.20. The molecule has 0 bridgehead atoms. The van der Waals surface area contributed by atoms with E-state index in [1.807, 2.05) is 13.8 Å². The molecule has 3 nitrogen and oxygen atoms in total. The molecule has 0 aromatic rings. The van der Waals surface area contributed by atoms with Gasteiger partial charge in [0.25, 0.3) is 0 Å². The fourth-order valence-electron chi connectivity index (χ4n) is 1.60. The summed E-state index contributed by atoms with van der Waals surface area (Å²) in [6, 6.07) is 0.00565. The number of halogens is 1. The Labute approximate surface area is 107 Å². The van der Waals surface area contributed by atoms with Gasteiger partial charge in [0.05, 0.1) is 12.7 Å². The van der Waals surface area contributed by atoms with Crippen molar-refractivity contribution in [3.8, 4) is 0 Å². The van der Waals surface area contributed by atoms with Gasteiger partial charge in [-0.3, -0.25) is 4.99 Å². The van der Waals surface area contributed by atoms with Crippen molar-refractivity contribution in [3.05, 3.63) is 35.2 Å². The molecular weight excluding hydrogens is 233 g/mol. The molecule has 18 heavy (non-hydrogen) atoms. The Bertz CT molecular complexity index is 458. The monoisotopic (exact) mass is 251 g/mol. The number of ether oxygens (including phenoxy) is 1. The zero-order chi connectivity index (χ0) is 13.7. The van der Waals surface area contributed by atoms with Gasteiger partial charge in [-0.15, -0.1) is 0 Å². The minimum Gasteiger partial charge on any atom is -0.465 e. The first kappa shape index (κ1) is 14.4. The van der Waals surface area contributed by atoms with Crippen LogP contribution in [-0.2, 0) is 9.53 Å². The van der Waals surface area contributed by atoms with Gasteiger partial charge >= 0.3 is 5.97 Å². The average Bonchev–Trinajstić information content (AvgIpc) is 2.39. The van der Waals surface area contributed by atoms with Gasteiger partial charge in [0, 0.05) is 11.6 Å². The molecule has 1 atom stereocenters. The molecule has 0 spiro atoms. The topological polar surface area (TPSA) is 38.7 Å². The lowest BCUT2D eigenvalue weighted by atomic mass is 9.95. The first-order valence-corrected chi connectivity index (χ1v) is 5.96. The summed E-state index contributed by atoms with van der Waals surface area (Å²) in [5.74, 6) is -0.903. The number of allylic oxidation sites excluding steroid dienone is 4. The van der Waals surface area contributed by atoms with Gasteiger partial charge in [0.2, 0.25) is 0 Å². The maximum Gasteiger partial charge on any atom is 0.338 e. The number of esters is 1. The summed E-state index contributed by atoms with van der Waals surface area (Å²) >= 11 is 0. The molecule has 0 aromatic heterocycles. The highest BCUT2D eigenvalue weighted by atomic mass is 19.1. The maximum absolute atomic E-state index is 13.8. The summed E-state index contributed by atoms with van der Waals surface area (Å²) < 4.78 is 18.5. The van der Waals surface area contributed by atoms with Gasteiger partial charge in [-0.1, -0.05) is 13.0 Å². The van der Waals surface area contributed by atoms with Gasteiger partial charge in [-0.2, -0.15) is 0 Å². The number of carbonyl (C=O) groups excluding carboxylic acids is 1. The van der Waals surface area contributed by atoms with E-state index in [1.165, 1.54) is 19.3 Å². The lowest BCUT2D eigenvalue weighted by Gasteiger charge is -2.16. The van der Waals surface area contributed by atoms with E-state index < -0.39 is 11.8 Å². The minimum absolute atomic E-state index is 0.00565. The van der Waals surface area contributed by atoms with Gasteiger partial charge in [-0.05, 0) is 32.4 Å². The molecule has 0 aliphatic heterocycles. The third kappa shape index (κ3) is 2.94. The molecule has 0 saturated carbocycles. The molecule has 0 unspecified atom stereocenters. The van der Waals surface area contributed by atoms with Crippen molar-refractivity contribution in [2.45, 2.75) is 33.2 Å². The first-order valence-electron chi connectivity index (χ1n) is 5.96. The van der Waals surface area contributed by atoms with Gasteiger partial charge in [-0.25, -0.2) is 9.18 Å². The van der Waals surface area contributed by atoms with E-state index in [0.29, 0.717) is 11.1 Å². The second-order valence-electron chi connectivity index (χ2n) is 4.02. The van der Waals surface area contributed by atoms with Crippen LogP contribution in [0.25, 0.3) is 0 Å². The molecule has 1 aliphatic carbocycles. The van der Waals surface area contributed by atoms with Crippen LogP contribution >= 0.6 is 0 Å². The number of hydrogen-bond donors (Lipinski definition) is 0. The standard InChI is InChI=1S/C14H18FNO2/c1-5-9(3)16-13-10(6-2)11(14(17)18-4)7-8-12(13)15/h6-9H,5H2,1-4H3/b10-6-,16-13?/t9-/m0/s1. The summed E-state index contributed by atoms with van der Waals surface area (Å²) in [5, 5.41) is 0. The molecule has 0 radical (unpaired) electrons. The minimum atomic E-state index is -0.483. The van der Waals surface area contributed by atoms with Crippen molar-refractivity contribution < 1.29 is 13.9 Å². The second kappa shape index (κ2) is 6.28. The predicted molar refractivity (Wildman–Crippen MR) is 70.2 cm³/mol. The smallest absolute Gasteiger partial charge is 0.338 e. The predicted octanol–water partition coefficient (Wildman–Crippen LogP) is 3.14. The van der Waals surface area contributed by atoms with Crippen molar-refractivity contribution in [2.24, 2.45) is 4.99 Å². The van der Waals surface area contributed by atoms with E-state index in [0.717, 1.165) is 6.42 Å². The van der Waals surface area contributed by atoms with Crippen molar-refractivity contribution in [1.82, 2.24) is 0 Å². The molecule has 0 N–H and O–H groups in total.